The number of hydrogen-bond acceptors (Lipinski definition) is 5. The summed E-state index contributed by atoms with van der Waals surface area (Å²) in [6.45, 7) is 0. The molecule has 0 aromatic heterocycles. The Bertz CT molecular complexity index is 811. The molecule has 0 saturated heterocycles. The number of carboxylic acids is 1. The van der Waals surface area contributed by atoms with Gasteiger partial charge >= 0.3 is 5.97 Å². The number of nitrogens with two attached hydrogens (primary N) is 1. The molecule has 0 amide bonds. The lowest BCUT2D eigenvalue weighted by atomic mass is 10.0. The summed E-state index contributed by atoms with van der Waals surface area (Å²) in [4.78, 5) is 23.3. The highest BCUT2D eigenvalue weighted by molar-refractivity contribution is 6.12. The highest BCUT2D eigenvalue weighted by Crippen LogP contribution is 2.28. The number of allylic oxidation sites excluding steroid dienone is 1. The first-order valence-corrected chi connectivity index (χ1v) is 7.04. The van der Waals surface area contributed by atoms with Gasteiger partial charge in [0.25, 0.3) is 0 Å². The molecule has 2 rings (SSSR count). The molecule has 0 spiro atoms. The fraction of sp³-hybridized carbons (Fsp3) is 0.111. The van der Waals surface area contributed by atoms with Crippen LogP contribution in [-0.2, 0) is 0 Å². The number of ketones is 1. The predicted molar refractivity (Wildman–Crippen MR) is 90.7 cm³/mol. The van der Waals surface area contributed by atoms with Crippen molar-refractivity contribution in [2.75, 3.05) is 20.0 Å². The lowest BCUT2D eigenvalue weighted by Gasteiger charge is -2.08. The van der Waals surface area contributed by atoms with Gasteiger partial charge in [0.05, 0.1) is 25.5 Å². The summed E-state index contributed by atoms with van der Waals surface area (Å²) in [6, 6.07) is 9.54. The molecule has 124 valence electrons. The number of rotatable bonds is 6. The molecule has 0 bridgehead atoms. The zero-order chi connectivity index (χ0) is 17.7. The molecule has 0 aliphatic carbocycles. The van der Waals surface area contributed by atoms with Crippen LogP contribution in [0, 0.1) is 0 Å². The van der Waals surface area contributed by atoms with Crippen molar-refractivity contribution in [3.8, 4) is 11.5 Å². The maximum atomic E-state index is 12.3. The fourth-order valence-electron chi connectivity index (χ4n) is 2.18. The van der Waals surface area contributed by atoms with Crippen LogP contribution in [0.25, 0.3) is 6.08 Å². The number of para-hydroxylation sites is 1. The molecule has 0 aliphatic heterocycles. The van der Waals surface area contributed by atoms with Crippen LogP contribution in [0.3, 0.4) is 0 Å². The van der Waals surface area contributed by atoms with Crippen LogP contribution < -0.4 is 15.2 Å². The van der Waals surface area contributed by atoms with Gasteiger partial charge in [-0.2, -0.15) is 0 Å². The van der Waals surface area contributed by atoms with Crippen molar-refractivity contribution in [2.24, 2.45) is 0 Å². The van der Waals surface area contributed by atoms with E-state index in [9.17, 15) is 9.59 Å². The van der Waals surface area contributed by atoms with E-state index in [1.165, 1.54) is 38.5 Å². The molecule has 0 aliphatic rings. The maximum absolute atomic E-state index is 12.3. The van der Waals surface area contributed by atoms with E-state index in [0.29, 0.717) is 11.5 Å². The van der Waals surface area contributed by atoms with Gasteiger partial charge < -0.3 is 20.3 Å². The molecule has 0 unspecified atom stereocenters. The van der Waals surface area contributed by atoms with E-state index in [0.717, 1.165) is 5.56 Å². The van der Waals surface area contributed by atoms with Gasteiger partial charge in [0.1, 0.15) is 0 Å². The van der Waals surface area contributed by atoms with E-state index < -0.39 is 5.97 Å². The average molecular weight is 327 g/mol. The topological polar surface area (TPSA) is 98.9 Å². The smallest absolute Gasteiger partial charge is 0.337 e. The number of carboxylic acid groups (broad SMARTS) is 1. The van der Waals surface area contributed by atoms with Crippen molar-refractivity contribution in [3.63, 3.8) is 0 Å². The molecular formula is C18H17NO5. The van der Waals surface area contributed by atoms with Crippen molar-refractivity contribution < 1.29 is 24.2 Å². The third-order valence-corrected chi connectivity index (χ3v) is 3.44. The van der Waals surface area contributed by atoms with Gasteiger partial charge in [-0.25, -0.2) is 4.79 Å². The van der Waals surface area contributed by atoms with Gasteiger partial charge in [0, 0.05) is 5.56 Å². The zero-order valence-corrected chi connectivity index (χ0v) is 13.3. The predicted octanol–water partition coefficient (Wildman–Crippen LogP) is 2.88. The zero-order valence-electron chi connectivity index (χ0n) is 13.3. The Morgan fingerprint density at radius 3 is 2.33 bits per heavy atom. The van der Waals surface area contributed by atoms with Gasteiger partial charge in [-0.3, -0.25) is 4.79 Å². The molecule has 6 heteroatoms. The molecule has 0 heterocycles. The van der Waals surface area contributed by atoms with Crippen molar-refractivity contribution in [1.82, 2.24) is 0 Å². The summed E-state index contributed by atoms with van der Waals surface area (Å²) >= 11 is 0. The van der Waals surface area contributed by atoms with Crippen LogP contribution in [0.4, 0.5) is 5.69 Å². The third-order valence-electron chi connectivity index (χ3n) is 3.44. The Kier molecular flexibility index (Phi) is 5.21. The third kappa shape index (κ3) is 3.55. The number of carbonyl (C=O) groups is 2. The minimum atomic E-state index is -1.17. The Morgan fingerprint density at radius 1 is 1.04 bits per heavy atom. The van der Waals surface area contributed by atoms with Crippen LogP contribution in [0.15, 0.2) is 42.5 Å². The van der Waals surface area contributed by atoms with Gasteiger partial charge in [-0.05, 0) is 35.9 Å². The number of methoxy groups -OCH3 is 2. The van der Waals surface area contributed by atoms with Crippen LogP contribution in [0.5, 0.6) is 11.5 Å². The van der Waals surface area contributed by atoms with E-state index in [2.05, 4.69) is 0 Å². The van der Waals surface area contributed by atoms with E-state index >= 15 is 0 Å². The average Bonchev–Trinajstić information content (AvgIpc) is 2.59. The summed E-state index contributed by atoms with van der Waals surface area (Å²) in [5.74, 6) is -0.435. The first kappa shape index (κ1) is 17.1. The Hall–Kier alpha value is -3.28. The normalized spacial score (nSPS) is 10.6. The second kappa shape index (κ2) is 7.32. The molecule has 24 heavy (non-hydrogen) atoms. The molecule has 0 saturated carbocycles. The van der Waals surface area contributed by atoms with Crippen molar-refractivity contribution in [1.29, 1.82) is 0 Å². The van der Waals surface area contributed by atoms with Crippen molar-refractivity contribution in [2.45, 2.75) is 0 Å². The van der Waals surface area contributed by atoms with Gasteiger partial charge in [0.2, 0.25) is 0 Å². The fourth-order valence-corrected chi connectivity index (χ4v) is 2.18. The molecule has 0 atom stereocenters. The highest BCUT2D eigenvalue weighted by Gasteiger charge is 2.14. The molecule has 2 aromatic carbocycles. The number of ether oxygens (including phenoxy) is 2. The molecule has 0 fully saturated rings. The molecular weight excluding hydrogens is 310 g/mol. The first-order valence-electron chi connectivity index (χ1n) is 7.04. The Balaban J connectivity index is 2.28. The molecule has 2 aromatic rings. The Labute approximate surface area is 139 Å². The molecule has 3 N–H and O–H groups in total. The highest BCUT2D eigenvalue weighted by atomic mass is 16.5. The second-order valence-corrected chi connectivity index (χ2v) is 4.88. The van der Waals surface area contributed by atoms with E-state index in [1.807, 2.05) is 0 Å². The van der Waals surface area contributed by atoms with Crippen molar-refractivity contribution in [3.05, 3.63) is 59.2 Å². The number of benzene rings is 2. The summed E-state index contributed by atoms with van der Waals surface area (Å²) in [6.07, 6.45) is 2.93. The number of hydrogen-bond donors (Lipinski definition) is 2. The quantitative estimate of drug-likeness (QED) is 0.481. The van der Waals surface area contributed by atoms with Gasteiger partial charge in [-0.1, -0.05) is 18.2 Å². The lowest BCUT2D eigenvalue weighted by Crippen LogP contribution is -2.08. The van der Waals surface area contributed by atoms with Gasteiger partial charge in [-0.15, -0.1) is 0 Å². The summed E-state index contributed by atoms with van der Waals surface area (Å²) in [5.41, 5.74) is 6.50. The van der Waals surface area contributed by atoms with Crippen LogP contribution >= 0.6 is 0 Å². The molecule has 0 radical (unpaired) electrons. The van der Waals surface area contributed by atoms with Crippen LogP contribution in [0.2, 0.25) is 0 Å². The van der Waals surface area contributed by atoms with E-state index in [4.69, 9.17) is 20.3 Å². The number of aromatic carboxylic acids is 1. The van der Waals surface area contributed by atoms with Gasteiger partial charge in [0.15, 0.2) is 17.3 Å². The first-order chi connectivity index (χ1) is 11.5. The summed E-state index contributed by atoms with van der Waals surface area (Å²) in [7, 11) is 3.06. The van der Waals surface area contributed by atoms with E-state index in [-0.39, 0.29) is 22.6 Å². The second-order valence-electron chi connectivity index (χ2n) is 4.88. The summed E-state index contributed by atoms with van der Waals surface area (Å²) in [5, 5.41) is 9.05. The summed E-state index contributed by atoms with van der Waals surface area (Å²) < 4.78 is 10.3. The standard InChI is InChI=1S/C18H17NO5/c1-23-15-9-7-11(10-16(15)24-2)6-8-14(20)12-4-3-5-13(17(12)19)18(21)22/h3-10H,19H2,1-2H3,(H,21,22). The monoisotopic (exact) mass is 327 g/mol. The number of nitrogen functional groups attached to an aromatic ring is 1. The maximum Gasteiger partial charge on any atom is 0.337 e. The molecule has 6 nitrogen and oxygen atoms in total. The number of carbonyl (C=O) groups excluding carboxylic acids is 1. The van der Waals surface area contributed by atoms with Crippen molar-refractivity contribution >= 4 is 23.5 Å². The minimum Gasteiger partial charge on any atom is -0.493 e. The largest absolute Gasteiger partial charge is 0.493 e. The Morgan fingerprint density at radius 2 is 1.71 bits per heavy atom. The van der Waals surface area contributed by atoms with Crippen LogP contribution in [0.1, 0.15) is 26.3 Å². The SMILES string of the molecule is COc1ccc(C=CC(=O)c2cccc(C(=O)O)c2N)cc1OC. The number of anilines is 1. The van der Waals surface area contributed by atoms with Crippen LogP contribution in [-0.4, -0.2) is 31.1 Å². The van der Waals surface area contributed by atoms with E-state index in [1.54, 1.807) is 24.3 Å². The lowest BCUT2D eigenvalue weighted by molar-refractivity contribution is 0.0698. The minimum absolute atomic E-state index is 0.0491.